The summed E-state index contributed by atoms with van der Waals surface area (Å²) >= 11 is 0. The number of hydrogen-bond acceptors (Lipinski definition) is 4. The number of carbonyl (C=O) groups is 1. The molecule has 1 atom stereocenters. The van der Waals surface area contributed by atoms with Crippen LogP contribution in [0.15, 0.2) is 24.3 Å². The number of benzene rings is 1. The van der Waals surface area contributed by atoms with Gasteiger partial charge in [-0.2, -0.15) is 0 Å². The second-order valence-corrected chi connectivity index (χ2v) is 4.34. The highest BCUT2D eigenvalue weighted by molar-refractivity contribution is 6.58. The predicted octanol–water partition coefficient (Wildman–Crippen LogP) is -0.725. The average molecular weight is 249 g/mol. The highest BCUT2D eigenvalue weighted by Crippen LogP contribution is 2.10. The molecule has 1 aliphatic rings. The first-order chi connectivity index (χ1) is 8.66. The summed E-state index contributed by atoms with van der Waals surface area (Å²) in [6, 6.07) is 6.18. The minimum Gasteiger partial charge on any atom is -0.423 e. The standard InChI is InChI=1S/C12H16BNO4/c15-12(14-8-11-2-1-7-18-11)9-3-5-10(6-4-9)13(16)17/h3-6,11,16-17H,1-2,7-8H2,(H,14,15)/t11-/m0/s1. The van der Waals surface area contributed by atoms with Gasteiger partial charge in [0.2, 0.25) is 0 Å². The molecule has 0 bridgehead atoms. The van der Waals surface area contributed by atoms with E-state index >= 15 is 0 Å². The number of nitrogens with one attached hydrogen (secondary N) is 1. The second-order valence-electron chi connectivity index (χ2n) is 4.34. The molecule has 1 aromatic rings. The highest BCUT2D eigenvalue weighted by atomic mass is 16.5. The molecular weight excluding hydrogens is 233 g/mol. The first kappa shape index (κ1) is 13.1. The molecule has 0 saturated carbocycles. The van der Waals surface area contributed by atoms with Crippen molar-refractivity contribution in [1.29, 1.82) is 0 Å². The van der Waals surface area contributed by atoms with Gasteiger partial charge in [0.15, 0.2) is 0 Å². The molecule has 18 heavy (non-hydrogen) atoms. The molecule has 0 radical (unpaired) electrons. The average Bonchev–Trinajstić information content (AvgIpc) is 2.89. The monoisotopic (exact) mass is 249 g/mol. The van der Waals surface area contributed by atoms with Crippen molar-refractivity contribution in [3.63, 3.8) is 0 Å². The molecule has 5 nitrogen and oxygen atoms in total. The van der Waals surface area contributed by atoms with Crippen molar-refractivity contribution < 1.29 is 19.6 Å². The third kappa shape index (κ3) is 3.32. The third-order valence-electron chi connectivity index (χ3n) is 2.99. The molecule has 2 rings (SSSR count). The van der Waals surface area contributed by atoms with Crippen LogP contribution in [0.1, 0.15) is 23.2 Å². The lowest BCUT2D eigenvalue weighted by atomic mass is 9.80. The van der Waals surface area contributed by atoms with Crippen LogP contribution in [-0.4, -0.2) is 42.3 Å². The fourth-order valence-corrected chi connectivity index (χ4v) is 1.92. The summed E-state index contributed by atoms with van der Waals surface area (Å²) in [5.41, 5.74) is 0.864. The molecule has 96 valence electrons. The Morgan fingerprint density at radius 3 is 2.67 bits per heavy atom. The Morgan fingerprint density at radius 1 is 1.39 bits per heavy atom. The van der Waals surface area contributed by atoms with Gasteiger partial charge in [0.05, 0.1) is 6.10 Å². The zero-order chi connectivity index (χ0) is 13.0. The largest absolute Gasteiger partial charge is 0.488 e. The number of hydrogen-bond donors (Lipinski definition) is 3. The van der Waals surface area contributed by atoms with Crippen LogP contribution in [0.2, 0.25) is 0 Å². The van der Waals surface area contributed by atoms with Gasteiger partial charge in [-0.3, -0.25) is 4.79 Å². The second kappa shape index (κ2) is 5.99. The molecule has 1 amide bonds. The fourth-order valence-electron chi connectivity index (χ4n) is 1.92. The smallest absolute Gasteiger partial charge is 0.423 e. The Balaban J connectivity index is 1.87. The molecule has 0 aliphatic carbocycles. The van der Waals surface area contributed by atoms with Crippen LogP contribution in [0.5, 0.6) is 0 Å². The van der Waals surface area contributed by atoms with Crippen LogP contribution in [-0.2, 0) is 4.74 Å². The molecular formula is C12H16BNO4. The Bertz CT molecular complexity index is 401. The summed E-state index contributed by atoms with van der Waals surface area (Å²) in [5.74, 6) is -0.176. The lowest BCUT2D eigenvalue weighted by Crippen LogP contribution is -2.33. The van der Waals surface area contributed by atoms with Crippen molar-refractivity contribution in [2.75, 3.05) is 13.2 Å². The Kier molecular flexibility index (Phi) is 4.35. The van der Waals surface area contributed by atoms with Crippen LogP contribution >= 0.6 is 0 Å². The van der Waals surface area contributed by atoms with E-state index in [1.54, 1.807) is 12.1 Å². The van der Waals surface area contributed by atoms with Gasteiger partial charge in [-0.25, -0.2) is 0 Å². The van der Waals surface area contributed by atoms with E-state index < -0.39 is 7.12 Å². The number of rotatable bonds is 4. The van der Waals surface area contributed by atoms with Crippen molar-refractivity contribution in [2.24, 2.45) is 0 Å². The summed E-state index contributed by atoms with van der Waals surface area (Å²) in [5, 5.41) is 20.7. The van der Waals surface area contributed by atoms with E-state index in [2.05, 4.69) is 5.32 Å². The van der Waals surface area contributed by atoms with Gasteiger partial charge in [0.25, 0.3) is 5.91 Å². The van der Waals surface area contributed by atoms with Gasteiger partial charge in [-0.15, -0.1) is 0 Å². The maximum Gasteiger partial charge on any atom is 0.488 e. The van der Waals surface area contributed by atoms with Gasteiger partial charge in [0.1, 0.15) is 0 Å². The number of carbonyl (C=O) groups excluding carboxylic acids is 1. The molecule has 1 saturated heterocycles. The van der Waals surface area contributed by atoms with E-state index in [9.17, 15) is 4.79 Å². The topological polar surface area (TPSA) is 78.8 Å². The van der Waals surface area contributed by atoms with E-state index in [0.717, 1.165) is 19.4 Å². The van der Waals surface area contributed by atoms with Crippen molar-refractivity contribution in [3.8, 4) is 0 Å². The summed E-state index contributed by atoms with van der Waals surface area (Å²) in [6.45, 7) is 1.28. The first-order valence-corrected chi connectivity index (χ1v) is 6.02. The summed E-state index contributed by atoms with van der Waals surface area (Å²) in [4.78, 5) is 11.8. The third-order valence-corrected chi connectivity index (χ3v) is 2.99. The number of ether oxygens (including phenoxy) is 1. The van der Waals surface area contributed by atoms with Gasteiger partial charge < -0.3 is 20.1 Å². The zero-order valence-electron chi connectivity index (χ0n) is 10.0. The predicted molar refractivity (Wildman–Crippen MR) is 67.6 cm³/mol. The van der Waals surface area contributed by atoms with Crippen molar-refractivity contribution in [2.45, 2.75) is 18.9 Å². The molecule has 1 aliphatic heterocycles. The van der Waals surface area contributed by atoms with E-state index in [4.69, 9.17) is 14.8 Å². The number of amides is 1. The van der Waals surface area contributed by atoms with E-state index in [1.807, 2.05) is 0 Å². The van der Waals surface area contributed by atoms with Crippen LogP contribution < -0.4 is 10.8 Å². The molecule has 0 aromatic heterocycles. The van der Waals surface area contributed by atoms with Gasteiger partial charge in [-0.05, 0) is 30.4 Å². The molecule has 0 unspecified atom stereocenters. The van der Waals surface area contributed by atoms with Crippen LogP contribution in [0, 0.1) is 0 Å². The molecule has 0 spiro atoms. The molecule has 1 fully saturated rings. The minimum atomic E-state index is -1.51. The van der Waals surface area contributed by atoms with Crippen LogP contribution in [0.25, 0.3) is 0 Å². The van der Waals surface area contributed by atoms with Crippen molar-refractivity contribution >= 4 is 18.5 Å². The quantitative estimate of drug-likeness (QED) is 0.615. The van der Waals surface area contributed by atoms with E-state index in [0.29, 0.717) is 17.6 Å². The zero-order valence-corrected chi connectivity index (χ0v) is 10.0. The Hall–Kier alpha value is -1.37. The van der Waals surface area contributed by atoms with Gasteiger partial charge in [-0.1, -0.05) is 12.1 Å². The summed E-state index contributed by atoms with van der Waals surface area (Å²) in [7, 11) is -1.51. The first-order valence-electron chi connectivity index (χ1n) is 6.02. The lowest BCUT2D eigenvalue weighted by molar-refractivity contribution is 0.0858. The van der Waals surface area contributed by atoms with Crippen LogP contribution in [0.3, 0.4) is 0 Å². The van der Waals surface area contributed by atoms with Crippen molar-refractivity contribution in [3.05, 3.63) is 29.8 Å². The molecule has 1 aromatic carbocycles. The molecule has 3 N–H and O–H groups in total. The summed E-state index contributed by atoms with van der Waals surface area (Å²) < 4.78 is 5.41. The molecule has 1 heterocycles. The maximum absolute atomic E-state index is 11.8. The molecule has 6 heteroatoms. The maximum atomic E-state index is 11.8. The Labute approximate surface area is 106 Å². The van der Waals surface area contributed by atoms with Crippen molar-refractivity contribution in [1.82, 2.24) is 5.32 Å². The van der Waals surface area contributed by atoms with Gasteiger partial charge in [0, 0.05) is 18.7 Å². The fraction of sp³-hybridized carbons (Fsp3) is 0.417. The van der Waals surface area contributed by atoms with Gasteiger partial charge >= 0.3 is 7.12 Å². The SMILES string of the molecule is O=C(NC[C@@H]1CCCO1)c1ccc(B(O)O)cc1. The van der Waals surface area contributed by atoms with Crippen LogP contribution in [0.4, 0.5) is 0 Å². The van der Waals surface area contributed by atoms with E-state index in [1.165, 1.54) is 12.1 Å². The normalized spacial score (nSPS) is 18.7. The summed E-state index contributed by atoms with van der Waals surface area (Å²) in [6.07, 6.45) is 2.15. The Morgan fingerprint density at radius 2 is 2.11 bits per heavy atom. The van der Waals surface area contributed by atoms with E-state index in [-0.39, 0.29) is 12.0 Å². The lowest BCUT2D eigenvalue weighted by Gasteiger charge is -2.11. The minimum absolute atomic E-state index is 0.118. The highest BCUT2D eigenvalue weighted by Gasteiger charge is 2.17.